The predicted octanol–water partition coefficient (Wildman–Crippen LogP) is 6.31. The number of nitrogens with one attached hydrogen (secondary N) is 2. The van der Waals surface area contributed by atoms with Crippen molar-refractivity contribution in [2.24, 2.45) is 0 Å². The van der Waals surface area contributed by atoms with Crippen molar-refractivity contribution >= 4 is 29.3 Å². The van der Waals surface area contributed by atoms with E-state index in [2.05, 4.69) is 78.3 Å². The summed E-state index contributed by atoms with van der Waals surface area (Å²) in [5.41, 5.74) is 1.80. The lowest BCUT2D eigenvalue weighted by Gasteiger charge is -2.29. The third-order valence-electron chi connectivity index (χ3n) is 6.79. The van der Waals surface area contributed by atoms with Gasteiger partial charge in [-0.1, -0.05) is 73.8 Å². The number of amides is 4. The zero-order valence-corrected chi connectivity index (χ0v) is 23.4. The van der Waals surface area contributed by atoms with Gasteiger partial charge in [-0.25, -0.2) is 0 Å². The summed E-state index contributed by atoms with van der Waals surface area (Å²) in [6, 6.07) is 4.55. The zero-order chi connectivity index (χ0) is 28.6. The van der Waals surface area contributed by atoms with Crippen molar-refractivity contribution in [1.29, 1.82) is 0 Å². The molecule has 0 spiro atoms. The maximum absolute atomic E-state index is 12.9. The van der Waals surface area contributed by atoms with Gasteiger partial charge >= 0.3 is 0 Å². The van der Waals surface area contributed by atoms with E-state index in [1.54, 1.807) is 18.2 Å². The molecule has 0 radical (unpaired) electrons. The van der Waals surface area contributed by atoms with Gasteiger partial charge in [-0.05, 0) is 63.5 Å². The number of imide groups is 1. The van der Waals surface area contributed by atoms with Crippen molar-refractivity contribution in [1.82, 2.24) is 10.2 Å². The molecule has 7 nitrogen and oxygen atoms in total. The Bertz CT molecular complexity index is 1190. The number of piperidine rings is 1. The molecule has 1 unspecified atom stereocenters. The first kappa shape index (κ1) is 30.5. The van der Waals surface area contributed by atoms with Crippen molar-refractivity contribution in [3.05, 3.63) is 90.1 Å². The van der Waals surface area contributed by atoms with Crippen molar-refractivity contribution in [2.45, 2.75) is 83.7 Å². The second-order valence-electron chi connectivity index (χ2n) is 9.88. The Morgan fingerprint density at radius 1 is 0.925 bits per heavy atom. The summed E-state index contributed by atoms with van der Waals surface area (Å²) in [6.45, 7) is 2.37. The molecular formula is C33H41N3O4. The van der Waals surface area contributed by atoms with Gasteiger partial charge in [0.2, 0.25) is 17.7 Å². The van der Waals surface area contributed by atoms with E-state index >= 15 is 0 Å². The molecule has 0 bridgehead atoms. The number of allylic oxidation sites excluding steroid dienone is 10. The van der Waals surface area contributed by atoms with Gasteiger partial charge in [-0.2, -0.15) is 0 Å². The van der Waals surface area contributed by atoms with Crippen LogP contribution in [0.5, 0.6) is 0 Å². The minimum atomic E-state index is -0.676. The Balaban J connectivity index is 1.32. The lowest BCUT2D eigenvalue weighted by molar-refractivity contribution is -0.137. The number of rotatable bonds is 15. The van der Waals surface area contributed by atoms with Crippen molar-refractivity contribution in [2.75, 3.05) is 5.32 Å². The molecule has 4 amide bonds. The molecule has 1 atom stereocenters. The summed E-state index contributed by atoms with van der Waals surface area (Å²) in [5.74, 6) is -1.12. The molecular weight excluding hydrogens is 502 g/mol. The normalized spacial score (nSPS) is 17.8. The number of carbonyl (C=O) groups is 4. The van der Waals surface area contributed by atoms with Crippen LogP contribution in [0.2, 0.25) is 0 Å². The monoisotopic (exact) mass is 543 g/mol. The summed E-state index contributed by atoms with van der Waals surface area (Å²) >= 11 is 0. The summed E-state index contributed by atoms with van der Waals surface area (Å²) in [5, 5.41) is 5.25. The Kier molecular flexibility index (Phi) is 12.9. The number of unbranched alkanes of at least 4 members (excludes halogenated alkanes) is 1. The number of fused-ring (bicyclic) bond motifs is 1. The Labute approximate surface area is 237 Å². The fourth-order valence-corrected chi connectivity index (χ4v) is 4.66. The van der Waals surface area contributed by atoms with Gasteiger partial charge in [0.1, 0.15) is 6.04 Å². The predicted molar refractivity (Wildman–Crippen MR) is 159 cm³/mol. The van der Waals surface area contributed by atoms with E-state index in [9.17, 15) is 19.2 Å². The van der Waals surface area contributed by atoms with E-state index in [0.717, 1.165) is 44.9 Å². The maximum Gasteiger partial charge on any atom is 0.255 e. The Morgan fingerprint density at radius 2 is 1.55 bits per heavy atom. The van der Waals surface area contributed by atoms with Crippen molar-refractivity contribution in [3.8, 4) is 0 Å². The number of hydrogen-bond donors (Lipinski definition) is 2. The van der Waals surface area contributed by atoms with Gasteiger partial charge in [0.15, 0.2) is 0 Å². The highest BCUT2D eigenvalue weighted by molar-refractivity contribution is 6.06. The molecule has 212 valence electrons. The van der Waals surface area contributed by atoms with Gasteiger partial charge < -0.3 is 10.2 Å². The fourth-order valence-electron chi connectivity index (χ4n) is 4.66. The SMILES string of the molecule is CCC=CCC=CCC=CCC=CCC=CCCCC(=O)Nc1cccc2c1CN(C1CCC(=O)NC1=O)C2=O. The van der Waals surface area contributed by atoms with E-state index in [1.165, 1.54) is 4.90 Å². The highest BCUT2D eigenvalue weighted by atomic mass is 16.2. The van der Waals surface area contributed by atoms with Crippen molar-refractivity contribution < 1.29 is 19.2 Å². The minimum absolute atomic E-state index is 0.104. The quantitative estimate of drug-likeness (QED) is 0.154. The number of carbonyl (C=O) groups excluding carboxylic acids is 4. The van der Waals surface area contributed by atoms with E-state index in [-0.39, 0.29) is 30.7 Å². The molecule has 3 rings (SSSR count). The summed E-state index contributed by atoms with van der Waals surface area (Å²) in [4.78, 5) is 50.7. The van der Waals surface area contributed by atoms with E-state index in [1.807, 2.05) is 0 Å². The average molecular weight is 544 g/mol. The highest BCUT2D eigenvalue weighted by Crippen LogP contribution is 2.32. The second kappa shape index (κ2) is 16.9. The molecule has 1 fully saturated rings. The topological polar surface area (TPSA) is 95.6 Å². The first-order valence-corrected chi connectivity index (χ1v) is 14.3. The molecule has 0 aliphatic carbocycles. The summed E-state index contributed by atoms with van der Waals surface area (Å²) in [6.07, 6.45) is 28.9. The first-order chi connectivity index (χ1) is 19.5. The molecule has 2 N–H and O–H groups in total. The average Bonchev–Trinajstić information content (AvgIpc) is 3.27. The largest absolute Gasteiger partial charge is 0.326 e. The van der Waals surface area contributed by atoms with Crippen LogP contribution in [0.4, 0.5) is 5.69 Å². The minimum Gasteiger partial charge on any atom is -0.326 e. The molecule has 1 aromatic rings. The summed E-state index contributed by atoms with van der Waals surface area (Å²) in [7, 11) is 0. The standard InChI is InChI=1S/C33H41N3O4/c1-2-3-4-5-6-7-8-9-10-11-12-13-14-15-16-17-18-22-30(37)34-28-21-19-20-26-27(28)25-36(33(26)40)29-23-24-31(38)35-32(29)39/h3-4,6-7,9-10,12-13,15-16,19-21,29H,2,5,8,11,14,17-18,22-25H2,1H3,(H,34,37)(H,35,38,39). The smallest absolute Gasteiger partial charge is 0.255 e. The van der Waals surface area contributed by atoms with Crippen LogP contribution in [0.1, 0.15) is 87.1 Å². The lowest BCUT2D eigenvalue weighted by atomic mass is 10.0. The second-order valence-corrected chi connectivity index (χ2v) is 9.88. The third-order valence-corrected chi connectivity index (χ3v) is 6.79. The lowest BCUT2D eigenvalue weighted by Crippen LogP contribution is -2.52. The maximum atomic E-state index is 12.9. The molecule has 7 heteroatoms. The molecule has 40 heavy (non-hydrogen) atoms. The van der Waals surface area contributed by atoms with Gasteiger partial charge in [-0.3, -0.25) is 24.5 Å². The molecule has 2 aliphatic heterocycles. The molecule has 1 saturated heterocycles. The van der Waals surface area contributed by atoms with Crippen molar-refractivity contribution in [3.63, 3.8) is 0 Å². The van der Waals surface area contributed by atoms with Crippen LogP contribution in [0.25, 0.3) is 0 Å². The van der Waals surface area contributed by atoms with Gasteiger partial charge in [0.25, 0.3) is 5.91 Å². The van der Waals surface area contributed by atoms with E-state index in [0.29, 0.717) is 29.7 Å². The van der Waals surface area contributed by atoms with Crippen LogP contribution in [0.3, 0.4) is 0 Å². The van der Waals surface area contributed by atoms with E-state index < -0.39 is 11.9 Å². The zero-order valence-electron chi connectivity index (χ0n) is 23.4. The van der Waals surface area contributed by atoms with Crippen LogP contribution >= 0.6 is 0 Å². The van der Waals surface area contributed by atoms with Crippen LogP contribution in [-0.2, 0) is 20.9 Å². The van der Waals surface area contributed by atoms with E-state index in [4.69, 9.17) is 0 Å². The molecule has 2 aliphatic rings. The van der Waals surface area contributed by atoms with Crippen LogP contribution in [-0.4, -0.2) is 34.6 Å². The molecule has 0 saturated carbocycles. The number of benzene rings is 1. The van der Waals surface area contributed by atoms with Crippen LogP contribution in [0, 0.1) is 0 Å². The molecule has 2 heterocycles. The van der Waals surface area contributed by atoms with Gasteiger partial charge in [0, 0.05) is 36.2 Å². The van der Waals surface area contributed by atoms with Gasteiger partial charge in [0.05, 0.1) is 0 Å². The summed E-state index contributed by atoms with van der Waals surface area (Å²) < 4.78 is 0. The number of nitrogens with zero attached hydrogens (tertiary/aromatic N) is 1. The number of hydrogen-bond acceptors (Lipinski definition) is 4. The number of anilines is 1. The Hall–Kier alpha value is -4.00. The highest BCUT2D eigenvalue weighted by Gasteiger charge is 2.39. The third kappa shape index (κ3) is 9.63. The van der Waals surface area contributed by atoms with Crippen LogP contribution in [0.15, 0.2) is 79.0 Å². The fraction of sp³-hybridized carbons (Fsp3) is 0.394. The molecule has 1 aromatic carbocycles. The Morgan fingerprint density at radius 3 is 2.17 bits per heavy atom. The first-order valence-electron chi connectivity index (χ1n) is 14.3. The molecule has 0 aromatic heterocycles. The van der Waals surface area contributed by atoms with Crippen LogP contribution < -0.4 is 10.6 Å². The van der Waals surface area contributed by atoms with Gasteiger partial charge in [-0.15, -0.1) is 0 Å².